The van der Waals surface area contributed by atoms with Crippen LogP contribution in [0.4, 0.5) is 0 Å². The molecule has 0 aromatic heterocycles. The van der Waals surface area contributed by atoms with Crippen molar-refractivity contribution in [2.24, 2.45) is 0 Å². The number of hydrogen-bond donors (Lipinski definition) is 0. The molecule has 0 spiro atoms. The molecule has 0 N–H and O–H groups in total. The third-order valence-electron chi connectivity index (χ3n) is 15.0. The van der Waals surface area contributed by atoms with E-state index in [-0.39, 0.29) is 22.5 Å². The molecular weight excluding hydrogens is 673 g/mol. The molecule has 0 saturated heterocycles. The Balaban J connectivity index is 0.934. The average molecular weight is 725 g/mol. The van der Waals surface area contributed by atoms with Crippen LogP contribution < -0.4 is 0 Å². The quantitative estimate of drug-likeness (QED) is 0.146. The molecule has 9 rings (SSSR count). The lowest BCUT2D eigenvalue weighted by atomic mass is 9.50. The van der Waals surface area contributed by atoms with Crippen molar-refractivity contribution in [3.05, 3.63) is 130 Å². The molecule has 280 valence electrons. The molecule has 3 fully saturated rings. The summed E-state index contributed by atoms with van der Waals surface area (Å²) < 4.78 is 1.74. The molecule has 0 amide bonds. The molecular formula is C46H52N4O4. The summed E-state index contributed by atoms with van der Waals surface area (Å²) in [4.78, 5) is 0. The number of nitrogens with zero attached hydrogens (tertiary/aromatic N) is 4. The fourth-order valence-electron chi connectivity index (χ4n) is 9.39. The zero-order valence-electron chi connectivity index (χ0n) is 32.9. The van der Waals surface area contributed by atoms with Crippen molar-refractivity contribution >= 4 is 11.7 Å². The number of benzene rings is 4. The summed E-state index contributed by atoms with van der Waals surface area (Å²) in [7, 11) is 0. The Morgan fingerprint density at radius 2 is 0.630 bits per heavy atom. The molecule has 2 heterocycles. The van der Waals surface area contributed by atoms with Gasteiger partial charge in [0.25, 0.3) is 0 Å². The van der Waals surface area contributed by atoms with Crippen LogP contribution in [-0.2, 0) is 21.2 Å². The second kappa shape index (κ2) is 11.9. The SMILES string of the molecule is CC1(C)N([O])C(c2ccc(-c3ccc(C45CCC(c6ccc(-c7ccc(C8=[N+]([O-])C(C)(C)C(C)(C)N8[O])cc7)cc6)(CC4)CC5)cc3)cc2)=[N+]([O-])C1(C)C. The van der Waals surface area contributed by atoms with Gasteiger partial charge in [-0.3, -0.25) is 9.48 Å². The van der Waals surface area contributed by atoms with Crippen LogP contribution in [0.1, 0.15) is 116 Å². The van der Waals surface area contributed by atoms with Gasteiger partial charge in [-0.25, -0.2) is 0 Å². The molecule has 2 radical (unpaired) electrons. The Bertz CT molecular complexity index is 1980. The predicted molar refractivity (Wildman–Crippen MR) is 212 cm³/mol. The zero-order valence-corrected chi connectivity index (χ0v) is 32.9. The minimum absolute atomic E-state index is 0.169. The highest BCUT2D eigenvalue weighted by molar-refractivity contribution is 5.97. The van der Waals surface area contributed by atoms with Crippen molar-refractivity contribution in [2.75, 3.05) is 0 Å². The highest BCUT2D eigenvalue weighted by Gasteiger charge is 2.61. The third kappa shape index (κ3) is 5.02. The summed E-state index contributed by atoms with van der Waals surface area (Å²) in [6, 6.07) is 33.7. The smallest absolute Gasteiger partial charge is 0.316 e. The maximum atomic E-state index is 13.1. The average Bonchev–Trinajstić information content (AvgIpc) is 3.38. The van der Waals surface area contributed by atoms with Crippen LogP contribution in [0.15, 0.2) is 97.1 Å². The monoisotopic (exact) mass is 724 g/mol. The lowest BCUT2D eigenvalue weighted by molar-refractivity contribution is -0.539. The van der Waals surface area contributed by atoms with E-state index in [1.807, 2.05) is 104 Å². The van der Waals surface area contributed by atoms with Crippen LogP contribution in [0.25, 0.3) is 22.3 Å². The summed E-state index contributed by atoms with van der Waals surface area (Å²) in [6.45, 7) is 14.5. The van der Waals surface area contributed by atoms with E-state index in [1.54, 1.807) is 0 Å². The van der Waals surface area contributed by atoms with Crippen LogP contribution in [0, 0.1) is 10.4 Å². The maximum Gasteiger partial charge on any atom is 0.316 e. The number of amidine groups is 2. The van der Waals surface area contributed by atoms with E-state index in [0.717, 1.165) is 41.9 Å². The second-order valence-electron chi connectivity index (χ2n) is 18.4. The van der Waals surface area contributed by atoms with Crippen LogP contribution >= 0.6 is 0 Å². The normalized spacial score (nSPS) is 26.6. The summed E-state index contributed by atoms with van der Waals surface area (Å²) in [6.07, 6.45) is 7.04. The number of hydroxylamine groups is 6. The van der Waals surface area contributed by atoms with Crippen molar-refractivity contribution < 1.29 is 19.9 Å². The maximum absolute atomic E-state index is 13.1. The van der Waals surface area contributed by atoms with Crippen molar-refractivity contribution in [3.8, 4) is 22.3 Å². The van der Waals surface area contributed by atoms with Crippen molar-refractivity contribution in [1.82, 2.24) is 10.1 Å². The van der Waals surface area contributed by atoms with E-state index in [4.69, 9.17) is 0 Å². The van der Waals surface area contributed by atoms with E-state index in [1.165, 1.54) is 49.7 Å². The van der Waals surface area contributed by atoms with Gasteiger partial charge in [-0.15, -0.1) is 0 Å². The first kappa shape index (κ1) is 36.3. The Hall–Kier alpha value is -4.66. The fraction of sp³-hybridized carbons (Fsp3) is 0.435. The molecule has 3 saturated carbocycles. The van der Waals surface area contributed by atoms with Crippen LogP contribution in [0.5, 0.6) is 0 Å². The van der Waals surface area contributed by atoms with Crippen molar-refractivity contribution in [1.29, 1.82) is 0 Å². The second-order valence-corrected chi connectivity index (χ2v) is 18.4. The van der Waals surface area contributed by atoms with Crippen LogP contribution in [0.2, 0.25) is 0 Å². The van der Waals surface area contributed by atoms with Gasteiger partial charge in [0.05, 0.1) is 11.1 Å². The molecule has 2 bridgehead atoms. The topological polar surface area (TPSA) is 98.4 Å². The first-order valence-electron chi connectivity index (χ1n) is 19.4. The van der Waals surface area contributed by atoms with Gasteiger partial charge in [-0.2, -0.15) is 0 Å². The minimum Gasteiger partial charge on any atom is -0.714 e. The van der Waals surface area contributed by atoms with Gasteiger partial charge in [-0.05, 0) is 162 Å². The van der Waals surface area contributed by atoms with E-state index < -0.39 is 22.2 Å². The Morgan fingerprint density at radius 1 is 0.407 bits per heavy atom. The van der Waals surface area contributed by atoms with Crippen LogP contribution in [-0.4, -0.2) is 53.4 Å². The Labute approximate surface area is 319 Å². The highest BCUT2D eigenvalue weighted by Crippen LogP contribution is 2.58. The summed E-state index contributed by atoms with van der Waals surface area (Å²) >= 11 is 0. The number of rotatable bonds is 6. The van der Waals surface area contributed by atoms with Gasteiger partial charge in [0, 0.05) is 10.4 Å². The molecule has 0 atom stereocenters. The summed E-state index contributed by atoms with van der Waals surface area (Å²) in [5.41, 5.74) is 5.54. The van der Waals surface area contributed by atoms with Gasteiger partial charge in [-0.1, -0.05) is 82.9 Å². The van der Waals surface area contributed by atoms with Crippen molar-refractivity contribution in [2.45, 2.75) is 127 Å². The van der Waals surface area contributed by atoms with Gasteiger partial charge in [0.2, 0.25) is 0 Å². The van der Waals surface area contributed by atoms with Crippen molar-refractivity contribution in [3.63, 3.8) is 0 Å². The van der Waals surface area contributed by atoms with Gasteiger partial charge in [0.1, 0.15) is 11.1 Å². The number of fused-ring (bicyclic) bond motifs is 3. The molecule has 8 nitrogen and oxygen atoms in total. The first-order chi connectivity index (χ1) is 25.4. The molecule has 5 aliphatic rings. The lowest BCUT2D eigenvalue weighted by Gasteiger charge is -2.54. The largest absolute Gasteiger partial charge is 0.714 e. The van der Waals surface area contributed by atoms with Gasteiger partial charge >= 0.3 is 11.7 Å². The Kier molecular flexibility index (Phi) is 8.02. The molecule has 0 unspecified atom stereocenters. The lowest BCUT2D eigenvalue weighted by Crippen LogP contribution is -2.53. The van der Waals surface area contributed by atoms with E-state index in [9.17, 15) is 20.8 Å². The first-order valence-corrected chi connectivity index (χ1v) is 19.4. The van der Waals surface area contributed by atoms with E-state index >= 15 is 0 Å². The highest BCUT2D eigenvalue weighted by atomic mass is 16.5. The van der Waals surface area contributed by atoms with Gasteiger partial charge < -0.3 is 10.4 Å². The molecule has 8 heteroatoms. The standard InChI is InChI=1S/C46H52N4O4/c1-41(2)42(3,4)48(52)39(47(41)51)35-13-9-31(10-14-35)33-17-21-37(22-18-33)45-25-28-46(29-26-45,30-27-45)38-23-19-34(20-24-38)32-11-15-36(16-12-32)40-49(53)43(5,6)44(7,8)50(40)54/h9-24H,25-30H2,1-8H3. The number of hydrogen-bond acceptors (Lipinski definition) is 4. The predicted octanol–water partition coefficient (Wildman–Crippen LogP) is 9.51. The molecule has 4 aromatic rings. The Morgan fingerprint density at radius 3 is 0.852 bits per heavy atom. The van der Waals surface area contributed by atoms with Crippen LogP contribution in [0.3, 0.4) is 0 Å². The molecule has 3 aliphatic carbocycles. The fourth-order valence-corrected chi connectivity index (χ4v) is 9.39. The van der Waals surface area contributed by atoms with E-state index in [2.05, 4.69) is 48.5 Å². The summed E-state index contributed by atoms with van der Waals surface area (Å²) in [5, 5.41) is 54.3. The summed E-state index contributed by atoms with van der Waals surface area (Å²) in [5.74, 6) is 0.338. The molecule has 54 heavy (non-hydrogen) atoms. The zero-order chi connectivity index (χ0) is 38.6. The van der Waals surface area contributed by atoms with E-state index in [0.29, 0.717) is 11.1 Å². The molecule has 2 aliphatic heterocycles. The molecule has 4 aromatic carbocycles. The van der Waals surface area contributed by atoms with Gasteiger partial charge in [0.15, 0.2) is 11.1 Å². The minimum atomic E-state index is -0.840. The third-order valence-corrected chi connectivity index (χ3v) is 15.0.